The van der Waals surface area contributed by atoms with Gasteiger partial charge in [-0.05, 0) is 13.1 Å². The fourth-order valence-corrected chi connectivity index (χ4v) is 3.26. The molecular weight excluding hydrogens is 304 g/mol. The summed E-state index contributed by atoms with van der Waals surface area (Å²) in [4.78, 5) is 2.17. The van der Waals surface area contributed by atoms with Gasteiger partial charge in [0.2, 0.25) is 0 Å². The van der Waals surface area contributed by atoms with E-state index in [2.05, 4.69) is 15.8 Å². The van der Waals surface area contributed by atoms with Crippen molar-refractivity contribution in [3.63, 3.8) is 0 Å². The minimum absolute atomic E-state index is 0.0806. The zero-order chi connectivity index (χ0) is 16.2. The number of hydrogen-bond donors (Lipinski definition) is 2. The molecule has 2 saturated heterocycles. The van der Waals surface area contributed by atoms with E-state index in [0.717, 1.165) is 25.7 Å². The third-order valence-electron chi connectivity index (χ3n) is 4.34. The van der Waals surface area contributed by atoms with Gasteiger partial charge in [0.1, 0.15) is 11.6 Å². The zero-order valence-electron chi connectivity index (χ0n) is 13.2. The molecule has 23 heavy (non-hydrogen) atoms. The SMILES string of the molecule is CN(CC1COCCO1)CC1CNNC1c1ccc(F)cc1F. The van der Waals surface area contributed by atoms with Crippen molar-refractivity contribution < 1.29 is 18.3 Å². The number of benzene rings is 1. The Bertz CT molecular complexity index is 526. The van der Waals surface area contributed by atoms with Gasteiger partial charge in [0, 0.05) is 37.2 Å². The molecule has 2 fully saturated rings. The van der Waals surface area contributed by atoms with Gasteiger partial charge in [-0.3, -0.25) is 5.43 Å². The van der Waals surface area contributed by atoms with Gasteiger partial charge >= 0.3 is 0 Å². The molecule has 0 radical (unpaired) electrons. The minimum atomic E-state index is -0.555. The highest BCUT2D eigenvalue weighted by Crippen LogP contribution is 2.28. The summed E-state index contributed by atoms with van der Waals surface area (Å²) >= 11 is 0. The first-order valence-electron chi connectivity index (χ1n) is 7.94. The molecule has 2 heterocycles. The first-order chi connectivity index (χ1) is 11.1. The first kappa shape index (κ1) is 16.7. The average molecular weight is 327 g/mol. The van der Waals surface area contributed by atoms with E-state index in [-0.39, 0.29) is 18.1 Å². The van der Waals surface area contributed by atoms with Crippen LogP contribution in [-0.4, -0.2) is 57.5 Å². The van der Waals surface area contributed by atoms with Gasteiger partial charge in [0.15, 0.2) is 0 Å². The molecule has 0 amide bonds. The lowest BCUT2D eigenvalue weighted by atomic mass is 9.94. The summed E-state index contributed by atoms with van der Waals surface area (Å²) in [5.41, 5.74) is 6.67. The van der Waals surface area contributed by atoms with E-state index in [9.17, 15) is 8.78 Å². The average Bonchev–Trinajstić information content (AvgIpc) is 2.96. The van der Waals surface area contributed by atoms with E-state index in [1.807, 2.05) is 7.05 Å². The Balaban J connectivity index is 1.60. The molecule has 1 aromatic carbocycles. The lowest BCUT2D eigenvalue weighted by Gasteiger charge is -2.30. The molecule has 2 N–H and O–H groups in total. The summed E-state index contributed by atoms with van der Waals surface area (Å²) in [6.07, 6.45) is 0.0806. The Labute approximate surface area is 134 Å². The van der Waals surface area contributed by atoms with Crippen LogP contribution in [-0.2, 0) is 9.47 Å². The standard InChI is InChI=1S/C16H23F2N3O2/c1-21(9-13-10-22-4-5-23-13)8-11-7-19-20-16(11)14-3-2-12(17)6-15(14)18/h2-3,6,11,13,16,19-20H,4-5,7-10H2,1H3. The number of nitrogens with one attached hydrogen (secondary N) is 2. The summed E-state index contributed by atoms with van der Waals surface area (Å²) in [5, 5.41) is 0. The number of likely N-dealkylation sites (N-methyl/N-ethyl adjacent to an activating group) is 1. The van der Waals surface area contributed by atoms with Crippen molar-refractivity contribution in [2.24, 2.45) is 5.92 Å². The van der Waals surface area contributed by atoms with Crippen molar-refractivity contribution in [3.05, 3.63) is 35.4 Å². The second-order valence-electron chi connectivity index (χ2n) is 6.22. The van der Waals surface area contributed by atoms with Crippen molar-refractivity contribution in [2.45, 2.75) is 12.1 Å². The van der Waals surface area contributed by atoms with E-state index in [4.69, 9.17) is 9.47 Å². The van der Waals surface area contributed by atoms with Gasteiger partial charge in [-0.25, -0.2) is 14.2 Å². The van der Waals surface area contributed by atoms with E-state index in [1.165, 1.54) is 12.1 Å². The second kappa shape index (κ2) is 7.63. The Morgan fingerprint density at radius 2 is 2.13 bits per heavy atom. The number of rotatable bonds is 5. The van der Waals surface area contributed by atoms with Gasteiger partial charge in [-0.2, -0.15) is 0 Å². The lowest BCUT2D eigenvalue weighted by Crippen LogP contribution is -2.41. The highest BCUT2D eigenvalue weighted by molar-refractivity contribution is 5.23. The molecule has 3 rings (SSSR count). The van der Waals surface area contributed by atoms with Crippen LogP contribution in [0.2, 0.25) is 0 Å². The lowest BCUT2D eigenvalue weighted by molar-refractivity contribution is -0.0964. The first-order valence-corrected chi connectivity index (χ1v) is 7.94. The predicted molar refractivity (Wildman–Crippen MR) is 81.8 cm³/mol. The van der Waals surface area contributed by atoms with Crippen LogP contribution in [0.4, 0.5) is 8.78 Å². The molecular formula is C16H23F2N3O2. The molecule has 2 aliphatic rings. The molecule has 7 heteroatoms. The van der Waals surface area contributed by atoms with Crippen molar-refractivity contribution in [1.29, 1.82) is 0 Å². The monoisotopic (exact) mass is 327 g/mol. The summed E-state index contributed by atoms with van der Waals surface area (Å²) in [6.45, 7) is 4.18. The molecule has 0 aliphatic carbocycles. The van der Waals surface area contributed by atoms with Gasteiger partial charge < -0.3 is 14.4 Å². The largest absolute Gasteiger partial charge is 0.376 e. The minimum Gasteiger partial charge on any atom is -0.376 e. The molecule has 1 aromatic rings. The Kier molecular flexibility index (Phi) is 5.55. The Morgan fingerprint density at radius 1 is 1.26 bits per heavy atom. The molecule has 0 saturated carbocycles. The Morgan fingerprint density at radius 3 is 2.87 bits per heavy atom. The Hall–Kier alpha value is -1.12. The van der Waals surface area contributed by atoms with Crippen molar-refractivity contribution >= 4 is 0 Å². The molecule has 2 aliphatic heterocycles. The summed E-state index contributed by atoms with van der Waals surface area (Å²) in [7, 11) is 2.02. The van der Waals surface area contributed by atoms with Gasteiger partial charge in [-0.1, -0.05) is 6.07 Å². The van der Waals surface area contributed by atoms with Crippen LogP contribution in [0, 0.1) is 17.6 Å². The molecule has 0 spiro atoms. The molecule has 5 nitrogen and oxygen atoms in total. The fraction of sp³-hybridized carbons (Fsp3) is 0.625. The molecule has 3 atom stereocenters. The quantitative estimate of drug-likeness (QED) is 0.847. The van der Waals surface area contributed by atoms with E-state index in [1.54, 1.807) is 0 Å². The van der Waals surface area contributed by atoms with Crippen LogP contribution in [0.25, 0.3) is 0 Å². The van der Waals surface area contributed by atoms with Crippen LogP contribution < -0.4 is 10.9 Å². The van der Waals surface area contributed by atoms with Crippen LogP contribution in [0.1, 0.15) is 11.6 Å². The van der Waals surface area contributed by atoms with Gasteiger partial charge in [0.25, 0.3) is 0 Å². The van der Waals surface area contributed by atoms with Crippen LogP contribution in [0.15, 0.2) is 18.2 Å². The number of halogens is 2. The topological polar surface area (TPSA) is 45.8 Å². The normalized spacial score (nSPS) is 28.4. The zero-order valence-corrected chi connectivity index (χ0v) is 13.2. The van der Waals surface area contributed by atoms with Crippen molar-refractivity contribution in [1.82, 2.24) is 15.8 Å². The molecule has 3 unspecified atom stereocenters. The van der Waals surface area contributed by atoms with Crippen LogP contribution in [0.5, 0.6) is 0 Å². The van der Waals surface area contributed by atoms with Crippen molar-refractivity contribution in [2.75, 3.05) is 46.5 Å². The number of hydrazine groups is 1. The van der Waals surface area contributed by atoms with Crippen LogP contribution in [0.3, 0.4) is 0 Å². The third kappa shape index (κ3) is 4.24. The summed E-state index contributed by atoms with van der Waals surface area (Å²) < 4.78 is 38.2. The third-order valence-corrected chi connectivity index (χ3v) is 4.34. The highest BCUT2D eigenvalue weighted by atomic mass is 19.1. The summed E-state index contributed by atoms with van der Waals surface area (Å²) in [6, 6.07) is 3.57. The fourth-order valence-electron chi connectivity index (χ4n) is 3.26. The number of nitrogens with zero attached hydrogens (tertiary/aromatic N) is 1. The molecule has 128 valence electrons. The van der Waals surface area contributed by atoms with Crippen LogP contribution >= 0.6 is 0 Å². The predicted octanol–water partition coefficient (Wildman–Crippen LogP) is 1.08. The smallest absolute Gasteiger partial charge is 0.130 e. The van der Waals surface area contributed by atoms with Gasteiger partial charge in [0.05, 0.1) is 32.0 Å². The molecule has 0 bridgehead atoms. The maximum absolute atomic E-state index is 14.0. The van der Waals surface area contributed by atoms with Crippen molar-refractivity contribution in [3.8, 4) is 0 Å². The number of ether oxygens (including phenoxy) is 2. The highest BCUT2D eigenvalue weighted by Gasteiger charge is 2.31. The number of hydrogen-bond acceptors (Lipinski definition) is 5. The maximum Gasteiger partial charge on any atom is 0.130 e. The maximum atomic E-state index is 14.0. The van der Waals surface area contributed by atoms with E-state index in [0.29, 0.717) is 25.4 Å². The summed E-state index contributed by atoms with van der Waals surface area (Å²) in [5.74, 6) is -0.882. The molecule has 0 aromatic heterocycles. The van der Waals surface area contributed by atoms with E-state index < -0.39 is 11.6 Å². The van der Waals surface area contributed by atoms with E-state index >= 15 is 0 Å². The second-order valence-corrected chi connectivity index (χ2v) is 6.22. The van der Waals surface area contributed by atoms with Gasteiger partial charge in [-0.15, -0.1) is 0 Å².